The first-order valence-corrected chi connectivity index (χ1v) is 7.36. The molecule has 1 aliphatic rings. The fourth-order valence-corrected chi connectivity index (χ4v) is 2.31. The largest absolute Gasteiger partial charge is 0.391 e. The van der Waals surface area contributed by atoms with Crippen LogP contribution in [0.4, 0.5) is 4.79 Å². The van der Waals surface area contributed by atoms with Crippen LogP contribution < -0.4 is 5.32 Å². The van der Waals surface area contributed by atoms with Crippen molar-refractivity contribution in [2.24, 2.45) is 5.92 Å². The van der Waals surface area contributed by atoms with Crippen LogP contribution in [0.5, 0.6) is 0 Å². The summed E-state index contributed by atoms with van der Waals surface area (Å²) < 4.78 is 5.41. The van der Waals surface area contributed by atoms with Crippen LogP contribution >= 0.6 is 0 Å². The smallest absolute Gasteiger partial charge is 0.317 e. The summed E-state index contributed by atoms with van der Waals surface area (Å²) in [6.07, 6.45) is 1.55. The molecule has 0 saturated heterocycles. The number of nitrogens with one attached hydrogen (secondary N) is 1. The number of carbonyl (C=O) groups is 1. The quantitative estimate of drug-likeness (QED) is 0.805. The van der Waals surface area contributed by atoms with Crippen LogP contribution in [-0.4, -0.2) is 49.4 Å². The Morgan fingerprint density at radius 1 is 1.43 bits per heavy atom. The van der Waals surface area contributed by atoms with Crippen molar-refractivity contribution in [1.82, 2.24) is 10.2 Å². The van der Waals surface area contributed by atoms with Gasteiger partial charge in [-0.25, -0.2) is 4.79 Å². The van der Waals surface area contributed by atoms with Crippen LogP contribution in [0.1, 0.15) is 24.5 Å². The second-order valence-corrected chi connectivity index (χ2v) is 5.61. The van der Waals surface area contributed by atoms with Gasteiger partial charge in [-0.1, -0.05) is 30.3 Å². The van der Waals surface area contributed by atoms with Gasteiger partial charge >= 0.3 is 6.03 Å². The third kappa shape index (κ3) is 4.72. The van der Waals surface area contributed by atoms with Gasteiger partial charge in [-0.15, -0.1) is 0 Å². The number of hydrogen-bond acceptors (Lipinski definition) is 3. The van der Waals surface area contributed by atoms with Crippen molar-refractivity contribution in [3.05, 3.63) is 35.9 Å². The van der Waals surface area contributed by atoms with Crippen LogP contribution in [0.3, 0.4) is 0 Å². The van der Waals surface area contributed by atoms with E-state index in [0.29, 0.717) is 19.0 Å². The van der Waals surface area contributed by atoms with Crippen molar-refractivity contribution in [1.29, 1.82) is 0 Å². The Bertz CT molecular complexity index is 448. The average molecular weight is 292 g/mol. The number of hydrogen-bond donors (Lipinski definition) is 2. The van der Waals surface area contributed by atoms with E-state index in [4.69, 9.17) is 4.74 Å². The fraction of sp³-hybridized carbons (Fsp3) is 0.562. The van der Waals surface area contributed by atoms with Gasteiger partial charge in [-0.3, -0.25) is 0 Å². The fourth-order valence-electron chi connectivity index (χ4n) is 2.31. The molecule has 1 fully saturated rings. The zero-order valence-electron chi connectivity index (χ0n) is 12.7. The highest BCUT2D eigenvalue weighted by molar-refractivity contribution is 5.73. The highest BCUT2D eigenvalue weighted by Gasteiger charge is 2.31. The van der Waals surface area contributed by atoms with Crippen molar-refractivity contribution >= 4 is 6.03 Å². The third-order valence-electron chi connectivity index (χ3n) is 3.87. The summed E-state index contributed by atoms with van der Waals surface area (Å²) in [4.78, 5) is 13.5. The van der Waals surface area contributed by atoms with Crippen LogP contribution in [-0.2, 0) is 4.74 Å². The summed E-state index contributed by atoms with van der Waals surface area (Å²) in [6, 6.07) is 9.60. The Labute approximate surface area is 125 Å². The lowest BCUT2D eigenvalue weighted by Crippen LogP contribution is -2.43. The number of aliphatic hydroxyl groups excluding tert-OH is 1. The maximum absolute atomic E-state index is 12.0. The number of ether oxygens (including phenoxy) is 1. The highest BCUT2D eigenvalue weighted by atomic mass is 16.5. The Balaban J connectivity index is 1.78. The molecule has 2 amide bonds. The Morgan fingerprint density at radius 2 is 2.10 bits per heavy atom. The average Bonchev–Trinajstić information content (AvgIpc) is 3.33. The van der Waals surface area contributed by atoms with E-state index in [2.05, 4.69) is 5.32 Å². The molecule has 2 rings (SSSR count). The predicted octanol–water partition coefficient (Wildman–Crippen LogP) is 1.79. The summed E-state index contributed by atoms with van der Waals surface area (Å²) >= 11 is 0. The molecule has 0 heterocycles. The minimum absolute atomic E-state index is 0.170. The first-order chi connectivity index (χ1) is 10.1. The minimum atomic E-state index is -0.409. The van der Waals surface area contributed by atoms with Crippen molar-refractivity contribution < 1.29 is 14.6 Å². The maximum atomic E-state index is 12.0. The molecule has 0 bridgehead atoms. The molecule has 21 heavy (non-hydrogen) atoms. The summed E-state index contributed by atoms with van der Waals surface area (Å²) in [6.45, 7) is 0.780. The van der Waals surface area contributed by atoms with Crippen molar-refractivity contribution in [2.75, 3.05) is 27.2 Å². The van der Waals surface area contributed by atoms with E-state index in [9.17, 15) is 9.90 Å². The van der Waals surface area contributed by atoms with Gasteiger partial charge in [0.15, 0.2) is 0 Å². The lowest BCUT2D eigenvalue weighted by molar-refractivity contribution is 0.0956. The third-order valence-corrected chi connectivity index (χ3v) is 3.87. The van der Waals surface area contributed by atoms with E-state index < -0.39 is 6.10 Å². The molecule has 116 valence electrons. The first-order valence-electron chi connectivity index (χ1n) is 7.36. The summed E-state index contributed by atoms with van der Waals surface area (Å²) in [5, 5.41) is 12.7. The molecular formula is C16H24N2O3. The SMILES string of the molecule is COC(CNC(=O)N(C)CC(O)C1CC1)c1ccccc1. The van der Waals surface area contributed by atoms with Crippen molar-refractivity contribution in [3.63, 3.8) is 0 Å². The minimum Gasteiger partial charge on any atom is -0.391 e. The number of methoxy groups -OCH3 is 1. The standard InChI is InChI=1S/C16H24N2O3/c1-18(11-14(19)12-8-9-12)16(20)17-10-15(21-2)13-6-4-3-5-7-13/h3-7,12,14-15,19H,8-11H2,1-2H3,(H,17,20). The number of urea groups is 1. The van der Waals surface area contributed by atoms with Crippen LogP contribution in [0, 0.1) is 5.92 Å². The van der Waals surface area contributed by atoms with E-state index in [0.717, 1.165) is 18.4 Å². The van der Waals surface area contributed by atoms with Gasteiger partial charge in [0.1, 0.15) is 0 Å². The van der Waals surface area contributed by atoms with Crippen LogP contribution in [0.15, 0.2) is 30.3 Å². The van der Waals surface area contributed by atoms with Crippen LogP contribution in [0.25, 0.3) is 0 Å². The topological polar surface area (TPSA) is 61.8 Å². The van der Waals surface area contributed by atoms with Crippen molar-refractivity contribution in [3.8, 4) is 0 Å². The normalized spacial score (nSPS) is 17.1. The molecule has 0 spiro atoms. The maximum Gasteiger partial charge on any atom is 0.317 e. The zero-order valence-corrected chi connectivity index (χ0v) is 12.7. The number of nitrogens with zero attached hydrogens (tertiary/aromatic N) is 1. The molecule has 2 atom stereocenters. The van der Waals surface area contributed by atoms with Gasteiger partial charge in [-0.2, -0.15) is 0 Å². The summed E-state index contributed by atoms with van der Waals surface area (Å²) in [7, 11) is 3.33. The van der Waals surface area contributed by atoms with E-state index >= 15 is 0 Å². The predicted molar refractivity (Wildman–Crippen MR) is 81.0 cm³/mol. The molecule has 0 aromatic heterocycles. The number of carbonyl (C=O) groups excluding carboxylic acids is 1. The molecule has 1 aromatic carbocycles. The lowest BCUT2D eigenvalue weighted by Gasteiger charge is -2.23. The molecule has 2 unspecified atom stereocenters. The molecule has 2 N–H and O–H groups in total. The van der Waals surface area contributed by atoms with Gasteiger partial charge < -0.3 is 20.1 Å². The molecule has 1 aromatic rings. The molecule has 1 aliphatic carbocycles. The number of benzene rings is 1. The van der Waals surface area contributed by atoms with Gasteiger partial charge in [0.2, 0.25) is 0 Å². The second-order valence-electron chi connectivity index (χ2n) is 5.61. The molecule has 0 aliphatic heterocycles. The molecule has 1 saturated carbocycles. The van der Waals surface area contributed by atoms with Gasteiger partial charge in [0.05, 0.1) is 12.2 Å². The molecular weight excluding hydrogens is 268 g/mol. The second kappa shape index (κ2) is 7.43. The van der Waals surface area contributed by atoms with Crippen LogP contribution in [0.2, 0.25) is 0 Å². The number of likely N-dealkylation sites (N-methyl/N-ethyl adjacent to an activating group) is 1. The van der Waals surface area contributed by atoms with Gasteiger partial charge in [-0.05, 0) is 24.3 Å². The Morgan fingerprint density at radius 3 is 2.67 bits per heavy atom. The number of amides is 2. The molecule has 0 radical (unpaired) electrons. The summed E-state index contributed by atoms with van der Waals surface area (Å²) in [5.41, 5.74) is 1.03. The zero-order chi connectivity index (χ0) is 15.2. The Hall–Kier alpha value is -1.59. The lowest BCUT2D eigenvalue weighted by atomic mass is 10.1. The number of aliphatic hydroxyl groups is 1. The van der Waals surface area contributed by atoms with Crippen molar-refractivity contribution in [2.45, 2.75) is 25.0 Å². The van der Waals surface area contributed by atoms with E-state index in [-0.39, 0.29) is 12.1 Å². The molecule has 5 heteroatoms. The Kier molecular flexibility index (Phi) is 5.59. The number of rotatable bonds is 7. The first kappa shape index (κ1) is 15.8. The highest BCUT2D eigenvalue weighted by Crippen LogP contribution is 2.32. The molecule has 5 nitrogen and oxygen atoms in total. The van der Waals surface area contributed by atoms with E-state index in [1.807, 2.05) is 30.3 Å². The monoisotopic (exact) mass is 292 g/mol. The van der Waals surface area contributed by atoms with E-state index in [1.54, 1.807) is 14.2 Å². The summed E-state index contributed by atoms with van der Waals surface area (Å²) in [5.74, 6) is 0.372. The van der Waals surface area contributed by atoms with E-state index in [1.165, 1.54) is 4.90 Å². The van der Waals surface area contributed by atoms with Gasteiger partial charge in [0, 0.05) is 27.2 Å². The van der Waals surface area contributed by atoms with Gasteiger partial charge in [0.25, 0.3) is 0 Å².